The Morgan fingerprint density at radius 3 is 2.53 bits per heavy atom. The SMILES string of the molecule is C=CCN1CCN(C(=O)C2CCCCC2CN)CC1. The molecule has 0 aromatic carbocycles. The highest BCUT2D eigenvalue weighted by molar-refractivity contribution is 5.79. The van der Waals surface area contributed by atoms with Crippen LogP contribution in [0.1, 0.15) is 25.7 Å². The molecule has 2 rings (SSSR count). The number of amides is 1. The predicted molar refractivity (Wildman–Crippen MR) is 77.7 cm³/mol. The van der Waals surface area contributed by atoms with Gasteiger partial charge in [0.15, 0.2) is 0 Å². The smallest absolute Gasteiger partial charge is 0.226 e. The van der Waals surface area contributed by atoms with Crippen LogP contribution in [-0.2, 0) is 4.79 Å². The zero-order valence-corrected chi connectivity index (χ0v) is 11.9. The van der Waals surface area contributed by atoms with Crippen LogP contribution in [-0.4, -0.2) is 55.0 Å². The zero-order valence-electron chi connectivity index (χ0n) is 11.9. The summed E-state index contributed by atoms with van der Waals surface area (Å²) in [5.41, 5.74) is 5.83. The Morgan fingerprint density at radius 1 is 1.21 bits per heavy atom. The van der Waals surface area contributed by atoms with E-state index >= 15 is 0 Å². The third-order valence-electron chi connectivity index (χ3n) is 4.60. The first kappa shape index (κ1) is 14.5. The third-order valence-corrected chi connectivity index (χ3v) is 4.60. The average Bonchev–Trinajstić information content (AvgIpc) is 2.47. The first-order valence-electron chi connectivity index (χ1n) is 7.58. The molecule has 2 fully saturated rings. The molecular formula is C15H27N3O. The number of piperazine rings is 1. The molecular weight excluding hydrogens is 238 g/mol. The van der Waals surface area contributed by atoms with Crippen molar-refractivity contribution in [2.45, 2.75) is 25.7 Å². The normalized spacial score (nSPS) is 29.2. The van der Waals surface area contributed by atoms with Gasteiger partial charge in [0.1, 0.15) is 0 Å². The number of carbonyl (C=O) groups is 1. The van der Waals surface area contributed by atoms with Crippen LogP contribution in [0.15, 0.2) is 12.7 Å². The van der Waals surface area contributed by atoms with Gasteiger partial charge in [-0.1, -0.05) is 18.9 Å². The molecule has 1 amide bonds. The molecule has 0 spiro atoms. The molecule has 1 saturated heterocycles. The van der Waals surface area contributed by atoms with Gasteiger partial charge >= 0.3 is 0 Å². The number of nitrogens with zero attached hydrogens (tertiary/aromatic N) is 2. The van der Waals surface area contributed by atoms with Crippen molar-refractivity contribution in [3.05, 3.63) is 12.7 Å². The van der Waals surface area contributed by atoms with Crippen LogP contribution in [0.4, 0.5) is 0 Å². The van der Waals surface area contributed by atoms with Crippen molar-refractivity contribution >= 4 is 5.91 Å². The van der Waals surface area contributed by atoms with E-state index < -0.39 is 0 Å². The summed E-state index contributed by atoms with van der Waals surface area (Å²) in [6, 6.07) is 0. The van der Waals surface area contributed by atoms with E-state index in [4.69, 9.17) is 5.73 Å². The molecule has 2 N–H and O–H groups in total. The predicted octanol–water partition coefficient (Wildman–Crippen LogP) is 1.08. The Labute approximate surface area is 116 Å². The maximum absolute atomic E-state index is 12.6. The lowest BCUT2D eigenvalue weighted by Crippen LogP contribution is -2.51. The van der Waals surface area contributed by atoms with Crippen LogP contribution in [0.5, 0.6) is 0 Å². The van der Waals surface area contributed by atoms with Gasteiger partial charge in [-0.2, -0.15) is 0 Å². The maximum Gasteiger partial charge on any atom is 0.226 e. The zero-order chi connectivity index (χ0) is 13.7. The molecule has 2 unspecified atom stereocenters. The second kappa shape index (κ2) is 7.06. The Kier molecular flexibility index (Phi) is 5.40. The quantitative estimate of drug-likeness (QED) is 0.774. The molecule has 1 aliphatic carbocycles. The van der Waals surface area contributed by atoms with Gasteiger partial charge < -0.3 is 10.6 Å². The van der Waals surface area contributed by atoms with Crippen molar-refractivity contribution < 1.29 is 4.79 Å². The van der Waals surface area contributed by atoms with Crippen LogP contribution in [0.3, 0.4) is 0 Å². The number of carbonyl (C=O) groups excluding carboxylic acids is 1. The number of hydrogen-bond donors (Lipinski definition) is 1. The second-order valence-electron chi connectivity index (χ2n) is 5.80. The van der Waals surface area contributed by atoms with Crippen molar-refractivity contribution in [3.63, 3.8) is 0 Å². The second-order valence-corrected chi connectivity index (χ2v) is 5.80. The maximum atomic E-state index is 12.6. The summed E-state index contributed by atoms with van der Waals surface area (Å²) in [6.45, 7) is 9.02. The fraction of sp³-hybridized carbons (Fsp3) is 0.800. The lowest BCUT2D eigenvalue weighted by atomic mass is 9.78. The Balaban J connectivity index is 1.87. The van der Waals surface area contributed by atoms with Crippen molar-refractivity contribution in [2.24, 2.45) is 17.6 Å². The Hall–Kier alpha value is -0.870. The van der Waals surface area contributed by atoms with Gasteiger partial charge in [-0.05, 0) is 25.3 Å². The molecule has 1 saturated carbocycles. The topological polar surface area (TPSA) is 49.6 Å². The summed E-state index contributed by atoms with van der Waals surface area (Å²) < 4.78 is 0. The molecule has 0 bridgehead atoms. The molecule has 0 radical (unpaired) electrons. The van der Waals surface area contributed by atoms with Crippen molar-refractivity contribution in [1.82, 2.24) is 9.80 Å². The van der Waals surface area contributed by atoms with Crippen LogP contribution in [0, 0.1) is 11.8 Å². The van der Waals surface area contributed by atoms with Gasteiger partial charge in [-0.15, -0.1) is 6.58 Å². The first-order chi connectivity index (χ1) is 9.26. The molecule has 0 aromatic rings. The van der Waals surface area contributed by atoms with Crippen molar-refractivity contribution in [2.75, 3.05) is 39.3 Å². The van der Waals surface area contributed by atoms with Crippen molar-refractivity contribution in [3.8, 4) is 0 Å². The lowest BCUT2D eigenvalue weighted by molar-refractivity contribution is -0.140. The third kappa shape index (κ3) is 3.57. The molecule has 108 valence electrons. The van der Waals surface area contributed by atoms with E-state index in [0.29, 0.717) is 18.4 Å². The van der Waals surface area contributed by atoms with Crippen molar-refractivity contribution in [1.29, 1.82) is 0 Å². The van der Waals surface area contributed by atoms with E-state index in [1.165, 1.54) is 12.8 Å². The highest BCUT2D eigenvalue weighted by atomic mass is 16.2. The first-order valence-corrected chi connectivity index (χ1v) is 7.58. The molecule has 4 heteroatoms. The van der Waals surface area contributed by atoms with Gasteiger partial charge in [0.05, 0.1) is 0 Å². The highest BCUT2D eigenvalue weighted by Gasteiger charge is 2.33. The number of rotatable bonds is 4. The summed E-state index contributed by atoms with van der Waals surface area (Å²) in [6.07, 6.45) is 6.52. The summed E-state index contributed by atoms with van der Waals surface area (Å²) in [5.74, 6) is 0.950. The van der Waals surface area contributed by atoms with E-state index in [1.54, 1.807) is 0 Å². The molecule has 0 aromatic heterocycles. The summed E-state index contributed by atoms with van der Waals surface area (Å²) in [5, 5.41) is 0. The summed E-state index contributed by atoms with van der Waals surface area (Å²) in [4.78, 5) is 17.0. The summed E-state index contributed by atoms with van der Waals surface area (Å²) in [7, 11) is 0. The van der Waals surface area contributed by atoms with Gasteiger partial charge in [-0.25, -0.2) is 0 Å². The fourth-order valence-corrected chi connectivity index (χ4v) is 3.38. The minimum Gasteiger partial charge on any atom is -0.340 e. The van der Waals surface area contributed by atoms with Gasteiger partial charge in [0, 0.05) is 38.6 Å². The van der Waals surface area contributed by atoms with Crippen LogP contribution in [0.2, 0.25) is 0 Å². The largest absolute Gasteiger partial charge is 0.340 e. The molecule has 1 aliphatic heterocycles. The minimum absolute atomic E-state index is 0.185. The van der Waals surface area contributed by atoms with E-state index in [-0.39, 0.29) is 5.92 Å². The van der Waals surface area contributed by atoms with Crippen LogP contribution < -0.4 is 5.73 Å². The van der Waals surface area contributed by atoms with E-state index in [0.717, 1.165) is 45.6 Å². The summed E-state index contributed by atoms with van der Waals surface area (Å²) >= 11 is 0. The molecule has 4 nitrogen and oxygen atoms in total. The van der Waals surface area contributed by atoms with E-state index in [2.05, 4.69) is 16.4 Å². The monoisotopic (exact) mass is 265 g/mol. The standard InChI is InChI=1S/C15H27N3O/c1-2-7-17-8-10-18(11-9-17)15(19)14-6-4-3-5-13(14)12-16/h2,13-14H,1,3-12,16H2. The Morgan fingerprint density at radius 2 is 1.89 bits per heavy atom. The molecule has 2 aliphatic rings. The molecule has 2 atom stereocenters. The van der Waals surface area contributed by atoms with E-state index in [1.807, 2.05) is 6.08 Å². The number of nitrogens with two attached hydrogens (primary N) is 1. The van der Waals surface area contributed by atoms with Crippen LogP contribution in [0.25, 0.3) is 0 Å². The molecule has 1 heterocycles. The van der Waals surface area contributed by atoms with E-state index in [9.17, 15) is 4.79 Å². The molecule has 19 heavy (non-hydrogen) atoms. The minimum atomic E-state index is 0.185. The van der Waals surface area contributed by atoms with Gasteiger partial charge in [-0.3, -0.25) is 9.69 Å². The fourth-order valence-electron chi connectivity index (χ4n) is 3.38. The van der Waals surface area contributed by atoms with Gasteiger partial charge in [0.2, 0.25) is 5.91 Å². The lowest BCUT2D eigenvalue weighted by Gasteiger charge is -2.38. The van der Waals surface area contributed by atoms with Gasteiger partial charge in [0.25, 0.3) is 0 Å². The Bertz CT molecular complexity index is 311. The number of hydrogen-bond acceptors (Lipinski definition) is 3. The average molecular weight is 265 g/mol. The highest BCUT2D eigenvalue weighted by Crippen LogP contribution is 2.31. The van der Waals surface area contributed by atoms with Crippen LogP contribution >= 0.6 is 0 Å².